The van der Waals surface area contributed by atoms with Crippen molar-refractivity contribution in [1.29, 1.82) is 0 Å². The van der Waals surface area contributed by atoms with Gasteiger partial charge in [-0.05, 0) is 26.1 Å². The van der Waals surface area contributed by atoms with E-state index in [0.717, 1.165) is 25.2 Å². The zero-order chi connectivity index (χ0) is 18.4. The van der Waals surface area contributed by atoms with Crippen LogP contribution in [0.4, 0.5) is 13.2 Å². The van der Waals surface area contributed by atoms with Crippen molar-refractivity contribution in [3.8, 4) is 0 Å². The van der Waals surface area contributed by atoms with Crippen molar-refractivity contribution in [3.05, 3.63) is 36.1 Å². The summed E-state index contributed by atoms with van der Waals surface area (Å²) in [5.74, 6) is -0.465. The Morgan fingerprint density at radius 3 is 2.38 bits per heavy atom. The van der Waals surface area contributed by atoms with E-state index in [1.807, 2.05) is 7.05 Å². The summed E-state index contributed by atoms with van der Waals surface area (Å²) in [6.07, 6.45) is 8.00. The predicted molar refractivity (Wildman–Crippen MR) is 87.8 cm³/mol. The number of hydrogen-bond acceptors (Lipinski definition) is 5. The molecule has 0 bridgehead atoms. The van der Waals surface area contributed by atoms with E-state index in [9.17, 15) is 26.2 Å². The largest absolute Gasteiger partial charge is 0.534 e. The molecule has 0 N–H and O–H groups in total. The normalized spacial score (nSPS) is 20.8. The van der Waals surface area contributed by atoms with Crippen LogP contribution in [0.15, 0.2) is 36.1 Å². The summed E-state index contributed by atoms with van der Waals surface area (Å²) < 4.78 is 75.6. The topological polar surface area (TPSA) is 63.7 Å². The van der Waals surface area contributed by atoms with Crippen LogP contribution in [0.25, 0.3) is 0 Å². The molecule has 0 aromatic rings. The highest BCUT2D eigenvalue weighted by Gasteiger charge is 2.48. The average Bonchev–Trinajstić information content (AvgIpc) is 2.46. The molecule has 0 amide bonds. The first-order chi connectivity index (χ1) is 11.0. The van der Waals surface area contributed by atoms with E-state index in [0.29, 0.717) is 18.5 Å². The molecule has 0 unspecified atom stereocenters. The highest BCUT2D eigenvalue weighted by Crippen LogP contribution is 2.47. The first kappa shape index (κ1) is 21.0. The fourth-order valence-corrected chi connectivity index (χ4v) is 4.94. The molecule has 138 valence electrons. The maximum absolute atomic E-state index is 12.5. The van der Waals surface area contributed by atoms with Crippen molar-refractivity contribution >= 4 is 17.3 Å². The Labute approximate surface area is 140 Å². The lowest BCUT2D eigenvalue weighted by molar-refractivity contribution is -0.0519. The average molecular weight is 387 g/mol. The number of halogens is 3. The second kappa shape index (κ2) is 8.36. The van der Waals surface area contributed by atoms with Gasteiger partial charge in [0.2, 0.25) is 0 Å². The lowest BCUT2D eigenvalue weighted by Gasteiger charge is -2.28. The second-order valence-electron chi connectivity index (χ2n) is 5.47. The molecule has 1 rings (SSSR count). The van der Waals surface area contributed by atoms with Crippen molar-refractivity contribution in [2.24, 2.45) is 0 Å². The van der Waals surface area contributed by atoms with Gasteiger partial charge in [-0.2, -0.15) is 21.6 Å². The quantitative estimate of drug-likeness (QED) is 0.230. The third-order valence-electron chi connectivity index (χ3n) is 3.43. The zero-order valence-electron chi connectivity index (χ0n) is 13.5. The van der Waals surface area contributed by atoms with Gasteiger partial charge in [0.05, 0.1) is 7.14 Å². The molecule has 1 heterocycles. The molecule has 10 heteroatoms. The minimum atomic E-state index is -5.71. The Hall–Kier alpha value is -1.05. The molecule has 0 atom stereocenters. The van der Waals surface area contributed by atoms with Gasteiger partial charge < -0.3 is 13.6 Å². The number of alkyl halides is 3. The first-order valence-electron chi connectivity index (χ1n) is 7.25. The Balaban J connectivity index is 2.75. The standard InChI is InChI=1S/C14H21F3NO4PS/c1-3-6-13(22-24(20,21)14(15,16)17)7-4-5-10-23(19)11-8-18(2)9-12-23/h3-7H,8-12H2,1-2H3/b5-4-,6-3-,13-7+. The Morgan fingerprint density at radius 2 is 1.88 bits per heavy atom. The SMILES string of the molecule is C\C=C/C(=C\C=C/CP1(=O)CCN(C)CC1)OS(=O)(=O)C(F)(F)F. The Kier molecular flexibility index (Phi) is 7.31. The molecule has 0 spiro atoms. The molecule has 0 radical (unpaired) electrons. The highest BCUT2D eigenvalue weighted by atomic mass is 32.2. The van der Waals surface area contributed by atoms with Gasteiger partial charge in [0.1, 0.15) is 5.76 Å². The molecule has 0 aromatic heterocycles. The van der Waals surface area contributed by atoms with E-state index in [-0.39, 0.29) is 0 Å². The van der Waals surface area contributed by atoms with Crippen LogP contribution >= 0.6 is 7.14 Å². The Bertz CT molecular complexity index is 656. The maximum Gasteiger partial charge on any atom is 0.534 e. The van der Waals surface area contributed by atoms with Gasteiger partial charge >= 0.3 is 15.6 Å². The van der Waals surface area contributed by atoms with Crippen molar-refractivity contribution in [2.75, 3.05) is 38.6 Å². The van der Waals surface area contributed by atoms with E-state index >= 15 is 0 Å². The van der Waals surface area contributed by atoms with Crippen LogP contribution in [0.3, 0.4) is 0 Å². The summed E-state index contributed by atoms with van der Waals surface area (Å²) in [4.78, 5) is 2.08. The molecular formula is C14H21F3NO4PS. The van der Waals surface area contributed by atoms with Crippen molar-refractivity contribution in [3.63, 3.8) is 0 Å². The Morgan fingerprint density at radius 1 is 1.29 bits per heavy atom. The third-order valence-corrected chi connectivity index (χ3v) is 7.32. The highest BCUT2D eigenvalue weighted by molar-refractivity contribution is 7.87. The van der Waals surface area contributed by atoms with Gasteiger partial charge in [-0.3, -0.25) is 0 Å². The van der Waals surface area contributed by atoms with Gasteiger partial charge in [0, 0.05) is 31.6 Å². The van der Waals surface area contributed by atoms with Gasteiger partial charge in [0.25, 0.3) is 0 Å². The summed E-state index contributed by atoms with van der Waals surface area (Å²) >= 11 is 0. The number of allylic oxidation sites excluding steroid dienone is 5. The smallest absolute Gasteiger partial charge is 0.376 e. The van der Waals surface area contributed by atoms with Gasteiger partial charge in [-0.15, -0.1) is 0 Å². The fraction of sp³-hybridized carbons (Fsp3) is 0.571. The fourth-order valence-electron chi connectivity index (χ4n) is 1.98. The van der Waals surface area contributed by atoms with Crippen LogP contribution in [-0.2, 0) is 18.9 Å². The van der Waals surface area contributed by atoms with Crippen molar-refractivity contribution in [1.82, 2.24) is 4.90 Å². The molecule has 1 saturated heterocycles. The number of hydrogen-bond donors (Lipinski definition) is 0. The lowest BCUT2D eigenvalue weighted by atomic mass is 10.4. The maximum atomic E-state index is 12.5. The molecule has 0 aliphatic carbocycles. The van der Waals surface area contributed by atoms with Crippen LogP contribution in [0.5, 0.6) is 0 Å². The third kappa shape index (κ3) is 6.45. The molecule has 1 fully saturated rings. The molecular weight excluding hydrogens is 366 g/mol. The minimum absolute atomic E-state index is 0.326. The van der Waals surface area contributed by atoms with Crippen LogP contribution < -0.4 is 0 Å². The minimum Gasteiger partial charge on any atom is -0.376 e. The van der Waals surface area contributed by atoms with Crippen molar-refractivity contribution < 1.29 is 30.3 Å². The van der Waals surface area contributed by atoms with E-state index in [4.69, 9.17) is 0 Å². The van der Waals surface area contributed by atoms with Crippen LogP contribution in [0.1, 0.15) is 6.92 Å². The summed E-state index contributed by atoms with van der Waals surface area (Å²) in [6.45, 7) is 3.01. The monoisotopic (exact) mass is 387 g/mol. The van der Waals surface area contributed by atoms with E-state index in [1.165, 1.54) is 19.1 Å². The van der Waals surface area contributed by atoms with Gasteiger partial charge in [-0.25, -0.2) is 0 Å². The number of rotatable bonds is 6. The zero-order valence-corrected chi connectivity index (χ0v) is 15.2. The predicted octanol–water partition coefficient (Wildman–Crippen LogP) is 3.18. The van der Waals surface area contributed by atoms with Gasteiger partial charge in [-0.1, -0.05) is 18.2 Å². The summed E-state index contributed by atoms with van der Waals surface area (Å²) in [6, 6.07) is 0. The first-order valence-corrected chi connectivity index (χ1v) is 10.9. The van der Waals surface area contributed by atoms with Crippen LogP contribution in [0.2, 0.25) is 0 Å². The van der Waals surface area contributed by atoms with E-state index in [1.54, 1.807) is 6.08 Å². The van der Waals surface area contributed by atoms with E-state index < -0.39 is 28.5 Å². The van der Waals surface area contributed by atoms with Crippen LogP contribution in [-0.4, -0.2) is 57.4 Å². The molecule has 1 aliphatic rings. The molecule has 0 saturated carbocycles. The summed E-state index contributed by atoms with van der Waals surface area (Å²) in [5, 5.41) is 0. The van der Waals surface area contributed by atoms with E-state index in [2.05, 4.69) is 9.08 Å². The summed E-state index contributed by atoms with van der Waals surface area (Å²) in [5.41, 5.74) is -5.49. The molecule has 1 aliphatic heterocycles. The van der Waals surface area contributed by atoms with Crippen LogP contribution in [0, 0.1) is 0 Å². The molecule has 0 aromatic carbocycles. The number of nitrogens with zero attached hydrogens (tertiary/aromatic N) is 1. The second-order valence-corrected chi connectivity index (χ2v) is 10.4. The summed E-state index contributed by atoms with van der Waals surface area (Å²) in [7, 11) is -6.07. The molecule has 24 heavy (non-hydrogen) atoms. The lowest BCUT2D eigenvalue weighted by Crippen LogP contribution is -2.31. The molecule has 5 nitrogen and oxygen atoms in total. The van der Waals surface area contributed by atoms with Gasteiger partial charge in [0.15, 0.2) is 0 Å². The van der Waals surface area contributed by atoms with Crippen molar-refractivity contribution in [2.45, 2.75) is 12.4 Å².